The number of nitrogens with one attached hydrogen (secondary N) is 2. The zero-order valence-electron chi connectivity index (χ0n) is 27.6. The number of nitrogens with two attached hydrogens (primary N) is 1. The molecule has 0 aliphatic carbocycles. The number of aliphatic hydroxyl groups is 1. The van der Waals surface area contributed by atoms with E-state index in [2.05, 4.69) is 48.5 Å². The highest BCUT2D eigenvalue weighted by Crippen LogP contribution is 2.38. The first kappa shape index (κ1) is 42.8. The molecule has 12 nitrogen and oxygen atoms in total. The predicted molar refractivity (Wildman–Crippen MR) is 200 cm³/mol. The number of rotatable bonds is 23. The van der Waals surface area contributed by atoms with Crippen molar-refractivity contribution < 1.29 is 38.4 Å². The van der Waals surface area contributed by atoms with Gasteiger partial charge >= 0.3 is 0 Å². The van der Waals surface area contributed by atoms with E-state index in [0.29, 0.717) is 37.4 Å². The summed E-state index contributed by atoms with van der Waals surface area (Å²) in [6, 6.07) is 6.63. The lowest BCUT2D eigenvalue weighted by molar-refractivity contribution is -0.222. The Hall–Kier alpha value is -1.42. The largest absolute Gasteiger partial charge is 0.490 e. The summed E-state index contributed by atoms with van der Waals surface area (Å²) in [5, 5.41) is 25.9. The smallest absolute Gasteiger partial charge is 0.251 e. The molecule has 2 amide bonds. The molecule has 1 aromatic rings. The topological polar surface area (TPSA) is 174 Å². The summed E-state index contributed by atoms with van der Waals surface area (Å²) >= 11 is 1.12. The summed E-state index contributed by atoms with van der Waals surface area (Å²) in [4.78, 5) is 24.5. The number of thioether (sulfide) groups is 1. The van der Waals surface area contributed by atoms with Gasteiger partial charge in [-0.05, 0) is 36.2 Å². The van der Waals surface area contributed by atoms with Gasteiger partial charge in [0.25, 0.3) is 5.91 Å². The van der Waals surface area contributed by atoms with Gasteiger partial charge in [-0.3, -0.25) is 9.59 Å². The van der Waals surface area contributed by atoms with E-state index in [-0.39, 0.29) is 79.1 Å². The van der Waals surface area contributed by atoms with Gasteiger partial charge < -0.3 is 45.2 Å². The number of carbonyl (C=O) groups is 2. The minimum absolute atomic E-state index is 0.000868. The Bertz CT molecular complexity index is 1220. The number of amides is 2. The maximum atomic E-state index is 12.3. The van der Waals surface area contributed by atoms with E-state index in [9.17, 15) is 14.7 Å². The number of carbonyl (C=O) groups excluding carboxylic acids is 2. The Labute approximate surface area is 304 Å². The Balaban J connectivity index is 1.71. The van der Waals surface area contributed by atoms with E-state index < -0.39 is 6.10 Å². The fourth-order valence-corrected chi connectivity index (χ4v) is 8.38. The van der Waals surface area contributed by atoms with Crippen molar-refractivity contribution in [3.8, 4) is 22.9 Å². The highest BCUT2D eigenvalue weighted by molar-refractivity contribution is 8.77. The third-order valence-electron chi connectivity index (χ3n) is 5.94. The molecule has 0 radical (unpaired) electrons. The van der Waals surface area contributed by atoms with E-state index in [0.717, 1.165) is 11.8 Å². The van der Waals surface area contributed by atoms with Crippen molar-refractivity contribution in [1.82, 2.24) is 10.6 Å². The van der Waals surface area contributed by atoms with Gasteiger partial charge in [0.1, 0.15) is 47.4 Å². The number of aliphatic hydroxyl groups excluding tert-OH is 1. The molecule has 2 rings (SSSR count). The van der Waals surface area contributed by atoms with Gasteiger partial charge in [0.2, 0.25) is 13.2 Å². The van der Waals surface area contributed by atoms with Crippen LogP contribution in [0, 0.1) is 22.4 Å². The van der Waals surface area contributed by atoms with Crippen LogP contribution in [-0.4, -0.2) is 123 Å². The first-order chi connectivity index (χ1) is 23.1. The second-order valence-electron chi connectivity index (χ2n) is 11.0. The zero-order chi connectivity index (χ0) is 35.2. The SMILES string of the molecule is CSS[C@@H](CSC#N)OC1C(BC#CCNC(=O)COCCOC(COc2cccc(C(=O)NCCN)c2)SSC(C)(C)C)OC1CO. The molecule has 1 heterocycles. The van der Waals surface area contributed by atoms with Crippen molar-refractivity contribution in [2.24, 2.45) is 5.73 Å². The van der Waals surface area contributed by atoms with Crippen LogP contribution in [0.25, 0.3) is 0 Å². The molecular formula is C30H45BN4O8S5. The minimum atomic E-state index is -0.424. The molecule has 1 aromatic carbocycles. The first-order valence-corrected chi connectivity index (χ1v) is 21.0. The van der Waals surface area contributed by atoms with Crippen molar-refractivity contribution in [2.75, 3.05) is 64.7 Å². The average Bonchev–Trinajstić information content (AvgIpc) is 3.06. The molecule has 4 unspecified atom stereocenters. The summed E-state index contributed by atoms with van der Waals surface area (Å²) in [7, 11) is 6.68. The third-order valence-corrected chi connectivity index (χ3v) is 12.2. The van der Waals surface area contributed by atoms with Crippen molar-refractivity contribution in [1.29, 1.82) is 5.26 Å². The summed E-state index contributed by atoms with van der Waals surface area (Å²) in [6.07, 6.45) is 1.20. The Kier molecular flexibility index (Phi) is 22.0. The molecule has 5 atom stereocenters. The molecule has 1 fully saturated rings. The normalized spacial score (nSPS) is 18.3. The van der Waals surface area contributed by atoms with Crippen molar-refractivity contribution in [3.63, 3.8) is 0 Å². The molecule has 0 aromatic heterocycles. The fraction of sp³-hybridized carbons (Fsp3) is 0.633. The van der Waals surface area contributed by atoms with Gasteiger partial charge in [-0.25, -0.2) is 0 Å². The van der Waals surface area contributed by atoms with Crippen LogP contribution in [0.4, 0.5) is 0 Å². The van der Waals surface area contributed by atoms with E-state index >= 15 is 0 Å². The lowest BCUT2D eigenvalue weighted by Gasteiger charge is -2.44. The zero-order valence-corrected chi connectivity index (χ0v) is 31.7. The van der Waals surface area contributed by atoms with Crippen LogP contribution in [0.3, 0.4) is 0 Å². The Morgan fingerprint density at radius 2 is 2.02 bits per heavy atom. The molecule has 266 valence electrons. The number of ether oxygens (including phenoxy) is 5. The fourth-order valence-electron chi connectivity index (χ4n) is 3.81. The lowest BCUT2D eigenvalue weighted by atomic mass is 9.66. The van der Waals surface area contributed by atoms with Crippen LogP contribution >= 0.6 is 54.9 Å². The maximum Gasteiger partial charge on any atom is 0.251 e. The van der Waals surface area contributed by atoms with E-state index in [1.54, 1.807) is 56.6 Å². The number of benzene rings is 1. The van der Waals surface area contributed by atoms with E-state index in [1.807, 2.05) is 6.26 Å². The van der Waals surface area contributed by atoms with Gasteiger partial charge in [0.05, 0.1) is 32.4 Å². The van der Waals surface area contributed by atoms with Crippen LogP contribution < -0.4 is 21.1 Å². The predicted octanol–water partition coefficient (Wildman–Crippen LogP) is 2.46. The van der Waals surface area contributed by atoms with Crippen LogP contribution in [0.2, 0.25) is 0 Å². The number of hydrogen-bond acceptors (Lipinski definition) is 15. The van der Waals surface area contributed by atoms with E-state index in [1.165, 1.54) is 10.8 Å². The van der Waals surface area contributed by atoms with Crippen LogP contribution in [0.1, 0.15) is 31.1 Å². The number of hydrogen-bond donors (Lipinski definition) is 4. The molecule has 1 aliphatic heterocycles. The Morgan fingerprint density at radius 1 is 1.21 bits per heavy atom. The summed E-state index contributed by atoms with van der Waals surface area (Å²) < 4.78 is 29.2. The second-order valence-corrected chi connectivity index (χ2v) is 17.6. The van der Waals surface area contributed by atoms with Gasteiger partial charge in [0.15, 0.2) is 0 Å². The summed E-state index contributed by atoms with van der Waals surface area (Å²) in [6.45, 7) is 7.65. The number of nitriles is 1. The van der Waals surface area contributed by atoms with Crippen LogP contribution in [0.5, 0.6) is 5.75 Å². The summed E-state index contributed by atoms with van der Waals surface area (Å²) in [5.41, 5.74) is 5.42. The molecule has 0 saturated carbocycles. The number of thiocyanates is 1. The summed E-state index contributed by atoms with van der Waals surface area (Å²) in [5.74, 6) is 6.44. The molecule has 0 bridgehead atoms. The lowest BCUT2D eigenvalue weighted by Crippen LogP contribution is -2.60. The van der Waals surface area contributed by atoms with Gasteiger partial charge in [-0.15, -0.1) is 0 Å². The van der Waals surface area contributed by atoms with Crippen molar-refractivity contribution >= 4 is 74.0 Å². The highest BCUT2D eigenvalue weighted by atomic mass is 33.1. The monoisotopic (exact) mass is 760 g/mol. The van der Waals surface area contributed by atoms with E-state index in [4.69, 9.17) is 34.7 Å². The second kappa shape index (κ2) is 24.7. The minimum Gasteiger partial charge on any atom is -0.490 e. The van der Waals surface area contributed by atoms with Crippen LogP contribution in [0.15, 0.2) is 24.3 Å². The van der Waals surface area contributed by atoms with Crippen molar-refractivity contribution in [2.45, 2.75) is 54.6 Å². The molecule has 18 heteroatoms. The highest BCUT2D eigenvalue weighted by Gasteiger charge is 2.44. The molecule has 48 heavy (non-hydrogen) atoms. The third kappa shape index (κ3) is 18.0. The van der Waals surface area contributed by atoms with Gasteiger partial charge in [0, 0.05) is 29.2 Å². The quantitative estimate of drug-likeness (QED) is 0.0320. The van der Waals surface area contributed by atoms with Gasteiger partial charge in [-0.1, -0.05) is 75.9 Å². The number of nitrogens with zero attached hydrogens (tertiary/aromatic N) is 1. The molecule has 1 saturated heterocycles. The standard InChI is InChI=1S/C30H45BN4O8S5/c1-30(2,3)48-47-25(18-41-22-8-5-7-21(15-22)29(38)35-12-10-32)40-14-13-39-17-24(37)34-11-6-9-31-28-27(23(16-36)42-28)43-26(46-44-4)19-45-20-33/h5,7-8,15,23,25-28,31,36H,10-14,16-19,32H2,1-4H3,(H,34,37)(H,35,38)/t23?,25?,26-,27?,28?/m0/s1. The molecular weight excluding hydrogens is 715 g/mol. The Morgan fingerprint density at radius 3 is 2.73 bits per heavy atom. The maximum absolute atomic E-state index is 12.3. The van der Waals surface area contributed by atoms with Gasteiger partial charge in [-0.2, -0.15) is 11.1 Å². The van der Waals surface area contributed by atoms with Crippen molar-refractivity contribution in [3.05, 3.63) is 29.8 Å². The molecule has 1 aliphatic rings. The first-order valence-electron chi connectivity index (χ1n) is 15.2. The average molecular weight is 761 g/mol. The molecule has 5 N–H and O–H groups in total. The van der Waals surface area contributed by atoms with Crippen LogP contribution in [-0.2, 0) is 23.7 Å². The molecule has 0 spiro atoms.